The van der Waals surface area contributed by atoms with Crippen molar-refractivity contribution in [3.05, 3.63) is 39.7 Å². The number of aryl methyl sites for hydroxylation is 1. The van der Waals surface area contributed by atoms with Gasteiger partial charge in [-0.25, -0.2) is 0 Å². The Kier molecular flexibility index (Phi) is 6.42. The van der Waals surface area contributed by atoms with Crippen LogP contribution < -0.4 is 4.74 Å². The highest BCUT2D eigenvalue weighted by molar-refractivity contribution is 8.18. The Morgan fingerprint density at radius 2 is 2.07 bits per heavy atom. The first-order chi connectivity index (χ1) is 13.5. The first kappa shape index (κ1) is 20.0. The van der Waals surface area contributed by atoms with Gasteiger partial charge in [0, 0.05) is 7.05 Å². The van der Waals surface area contributed by atoms with Crippen molar-refractivity contribution in [3.8, 4) is 5.75 Å². The summed E-state index contributed by atoms with van der Waals surface area (Å²) in [6, 6.07) is 7.10. The van der Waals surface area contributed by atoms with Crippen LogP contribution in [0.25, 0.3) is 6.08 Å². The van der Waals surface area contributed by atoms with Crippen LogP contribution in [0.1, 0.15) is 23.9 Å². The smallest absolute Gasteiger partial charge is 0.306 e. The predicted molar refractivity (Wildman–Crippen MR) is 109 cm³/mol. The fraction of sp³-hybridized carbons (Fsp3) is 0.278. The molecule has 1 saturated heterocycles. The molecule has 8 nitrogen and oxygen atoms in total. The third-order valence-electron chi connectivity index (χ3n) is 3.72. The lowest BCUT2D eigenvalue weighted by Crippen LogP contribution is -2.23. The number of carboxylic acid groups (broad SMARTS) is 1. The minimum atomic E-state index is -0.904. The van der Waals surface area contributed by atoms with Crippen molar-refractivity contribution in [2.24, 2.45) is 4.99 Å². The zero-order valence-corrected chi connectivity index (χ0v) is 16.9. The molecule has 0 bridgehead atoms. The number of aliphatic carboxylic acids is 1. The van der Waals surface area contributed by atoms with Crippen molar-refractivity contribution in [2.75, 3.05) is 13.7 Å². The number of carboxylic acids is 1. The van der Waals surface area contributed by atoms with Crippen LogP contribution in [0.5, 0.6) is 5.75 Å². The second-order valence-corrected chi connectivity index (χ2v) is 7.81. The number of aromatic nitrogens is 2. The molecular weight excluding hydrogens is 400 g/mol. The fourth-order valence-corrected chi connectivity index (χ4v) is 3.91. The predicted octanol–water partition coefficient (Wildman–Crippen LogP) is 3.19. The number of carbonyl (C=O) groups is 2. The molecule has 0 spiro atoms. The number of aliphatic imine (C=N–C) groups is 1. The van der Waals surface area contributed by atoms with Gasteiger partial charge in [-0.05, 0) is 42.0 Å². The number of amidine groups is 1. The average molecular weight is 419 g/mol. The number of rotatable bonds is 7. The van der Waals surface area contributed by atoms with Gasteiger partial charge in [0.25, 0.3) is 5.91 Å². The Morgan fingerprint density at radius 3 is 2.71 bits per heavy atom. The maximum atomic E-state index is 12.5. The summed E-state index contributed by atoms with van der Waals surface area (Å²) in [4.78, 5) is 29.5. The van der Waals surface area contributed by atoms with Crippen LogP contribution in [0.2, 0.25) is 0 Å². The van der Waals surface area contributed by atoms with E-state index in [9.17, 15) is 9.59 Å². The van der Waals surface area contributed by atoms with Gasteiger partial charge in [0.05, 0.1) is 17.9 Å². The molecule has 1 amide bonds. The monoisotopic (exact) mass is 418 g/mol. The van der Waals surface area contributed by atoms with Gasteiger partial charge in [0.1, 0.15) is 10.8 Å². The maximum absolute atomic E-state index is 12.5. The number of ether oxygens (including phenoxy) is 1. The van der Waals surface area contributed by atoms with E-state index in [1.54, 1.807) is 25.3 Å². The van der Waals surface area contributed by atoms with Gasteiger partial charge in [-0.15, -0.1) is 10.2 Å². The SMILES string of the molecule is CCc1nnc(/N=C2/S/C(=C/c3ccc(OCCC(=O)O)cc3)C(=O)N2C)s1. The van der Waals surface area contributed by atoms with Gasteiger partial charge in [0.2, 0.25) is 5.13 Å². The van der Waals surface area contributed by atoms with Gasteiger partial charge in [-0.1, -0.05) is 30.4 Å². The summed E-state index contributed by atoms with van der Waals surface area (Å²) in [5.41, 5.74) is 0.834. The molecule has 1 aliphatic rings. The molecule has 2 heterocycles. The number of carbonyl (C=O) groups excluding carboxylic acids is 1. The lowest BCUT2D eigenvalue weighted by Gasteiger charge is -2.05. The summed E-state index contributed by atoms with van der Waals surface area (Å²) in [6.07, 6.45) is 2.52. The molecule has 0 aliphatic carbocycles. The molecule has 2 aromatic rings. The van der Waals surface area contributed by atoms with Crippen LogP contribution in [-0.4, -0.2) is 50.9 Å². The second-order valence-electron chi connectivity index (χ2n) is 5.76. The minimum absolute atomic E-state index is 0.0558. The number of hydrogen-bond donors (Lipinski definition) is 1. The molecule has 1 aromatic heterocycles. The summed E-state index contributed by atoms with van der Waals surface area (Å²) >= 11 is 2.69. The highest BCUT2D eigenvalue weighted by atomic mass is 32.2. The lowest BCUT2D eigenvalue weighted by molar-refractivity contribution is -0.137. The van der Waals surface area contributed by atoms with Crippen molar-refractivity contribution in [1.29, 1.82) is 0 Å². The first-order valence-electron chi connectivity index (χ1n) is 8.49. The molecule has 146 valence electrons. The van der Waals surface area contributed by atoms with E-state index in [2.05, 4.69) is 15.2 Å². The van der Waals surface area contributed by atoms with E-state index in [0.29, 0.717) is 21.0 Å². The quantitative estimate of drug-likeness (QED) is 0.689. The van der Waals surface area contributed by atoms with Crippen LogP contribution in [0.3, 0.4) is 0 Å². The summed E-state index contributed by atoms with van der Waals surface area (Å²) < 4.78 is 5.36. The molecule has 0 saturated carbocycles. The van der Waals surface area contributed by atoms with Gasteiger partial charge >= 0.3 is 5.97 Å². The second kappa shape index (κ2) is 8.98. The number of nitrogens with zero attached hydrogens (tertiary/aromatic N) is 4. The molecule has 1 aromatic carbocycles. The van der Waals surface area contributed by atoms with E-state index in [1.807, 2.05) is 19.1 Å². The van der Waals surface area contributed by atoms with Crippen molar-refractivity contribution in [2.45, 2.75) is 19.8 Å². The molecule has 3 rings (SSSR count). The molecule has 0 atom stereocenters. The molecule has 1 aliphatic heterocycles. The van der Waals surface area contributed by atoms with Crippen molar-refractivity contribution < 1.29 is 19.4 Å². The summed E-state index contributed by atoms with van der Waals surface area (Å²) in [5, 5.41) is 18.7. The fourth-order valence-electron chi connectivity index (χ4n) is 2.23. The Balaban J connectivity index is 1.70. The molecular formula is C18H18N4O4S2. The van der Waals surface area contributed by atoms with Gasteiger partial charge in [0.15, 0.2) is 5.17 Å². The zero-order valence-electron chi connectivity index (χ0n) is 15.3. The first-order valence-corrected chi connectivity index (χ1v) is 10.1. The molecule has 0 unspecified atom stereocenters. The van der Waals surface area contributed by atoms with E-state index in [4.69, 9.17) is 9.84 Å². The summed E-state index contributed by atoms with van der Waals surface area (Å²) in [5.74, 6) is -0.457. The van der Waals surface area contributed by atoms with Crippen molar-refractivity contribution in [3.63, 3.8) is 0 Å². The van der Waals surface area contributed by atoms with Crippen LogP contribution in [0.4, 0.5) is 5.13 Å². The van der Waals surface area contributed by atoms with Gasteiger partial charge < -0.3 is 9.84 Å². The summed E-state index contributed by atoms with van der Waals surface area (Å²) in [7, 11) is 1.68. The Labute approximate surface area is 169 Å². The number of likely N-dealkylation sites (N-methyl/N-ethyl adjacent to an activating group) is 1. The number of benzene rings is 1. The molecule has 1 N–H and O–H groups in total. The molecule has 10 heteroatoms. The topological polar surface area (TPSA) is 105 Å². The average Bonchev–Trinajstić information content (AvgIpc) is 3.23. The minimum Gasteiger partial charge on any atom is -0.493 e. The Bertz CT molecular complexity index is 937. The van der Waals surface area contributed by atoms with Crippen LogP contribution in [0.15, 0.2) is 34.2 Å². The highest BCUT2D eigenvalue weighted by Crippen LogP contribution is 2.34. The van der Waals surface area contributed by atoms with Crippen molar-refractivity contribution in [1.82, 2.24) is 15.1 Å². The molecule has 0 radical (unpaired) electrons. The van der Waals surface area contributed by atoms with E-state index in [-0.39, 0.29) is 18.9 Å². The van der Waals surface area contributed by atoms with Gasteiger partial charge in [-0.2, -0.15) is 4.99 Å². The largest absolute Gasteiger partial charge is 0.493 e. The van der Waals surface area contributed by atoms with E-state index in [1.165, 1.54) is 28.0 Å². The summed E-state index contributed by atoms with van der Waals surface area (Å²) in [6.45, 7) is 2.11. The van der Waals surface area contributed by atoms with Crippen LogP contribution in [-0.2, 0) is 16.0 Å². The lowest BCUT2D eigenvalue weighted by atomic mass is 10.2. The number of amides is 1. The van der Waals surface area contributed by atoms with Gasteiger partial charge in [-0.3, -0.25) is 14.5 Å². The van der Waals surface area contributed by atoms with E-state index >= 15 is 0 Å². The Morgan fingerprint density at radius 1 is 1.32 bits per heavy atom. The normalized spacial score (nSPS) is 16.9. The zero-order chi connectivity index (χ0) is 20.1. The highest BCUT2D eigenvalue weighted by Gasteiger charge is 2.30. The number of hydrogen-bond acceptors (Lipinski definition) is 8. The van der Waals surface area contributed by atoms with E-state index in [0.717, 1.165) is 17.0 Å². The Hall–Kier alpha value is -2.72. The third kappa shape index (κ3) is 4.96. The van der Waals surface area contributed by atoms with Crippen LogP contribution >= 0.6 is 23.1 Å². The standard InChI is InChI=1S/C18H18N4O4S2/c1-3-14-20-21-17(28-14)19-18-22(2)16(25)13(27-18)10-11-4-6-12(7-5-11)26-9-8-15(23)24/h4-7,10H,3,8-9H2,1-2H3,(H,23,24)/b13-10+,19-18+. The maximum Gasteiger partial charge on any atom is 0.306 e. The third-order valence-corrected chi connectivity index (χ3v) is 5.74. The van der Waals surface area contributed by atoms with E-state index < -0.39 is 5.97 Å². The molecule has 1 fully saturated rings. The number of thioether (sulfide) groups is 1. The van der Waals surface area contributed by atoms with Crippen LogP contribution in [0, 0.1) is 0 Å². The molecule has 28 heavy (non-hydrogen) atoms. The van der Waals surface area contributed by atoms with Crippen molar-refractivity contribution >= 4 is 51.4 Å².